The third-order valence-electron chi connectivity index (χ3n) is 6.45. The zero-order valence-corrected chi connectivity index (χ0v) is 14.8. The molecule has 6 heteroatoms. The molecule has 3 fully saturated rings. The Hall–Kier alpha value is -1.14. The maximum Gasteiger partial charge on any atom is 0.303 e. The van der Waals surface area contributed by atoms with E-state index in [-0.39, 0.29) is 30.5 Å². The fourth-order valence-electron chi connectivity index (χ4n) is 4.88. The largest absolute Gasteiger partial charge is 0.481 e. The number of fused-ring (bicyclic) bond motifs is 1. The molecule has 3 aliphatic carbocycles. The summed E-state index contributed by atoms with van der Waals surface area (Å²) in [6.07, 6.45) is 8.24. The summed E-state index contributed by atoms with van der Waals surface area (Å²) >= 11 is 0. The van der Waals surface area contributed by atoms with Crippen molar-refractivity contribution in [2.45, 2.75) is 76.4 Å². The minimum absolute atomic E-state index is 0.0982. The molecule has 0 aromatic carbocycles. The van der Waals surface area contributed by atoms with Crippen LogP contribution in [0.25, 0.3) is 0 Å². The molecular formula is C19H31NO5. The Balaban J connectivity index is 1.38. The SMILES string of the molecule is O=C(O)CCCON=C1CC2C1CC(CCC(O)C1CCCC1)C2O. The van der Waals surface area contributed by atoms with Gasteiger partial charge in [-0.2, -0.15) is 0 Å². The molecule has 5 unspecified atom stereocenters. The maximum absolute atomic E-state index is 10.5. The Bertz CT molecular complexity index is 488. The van der Waals surface area contributed by atoms with Crippen molar-refractivity contribution in [3.8, 4) is 0 Å². The van der Waals surface area contributed by atoms with Gasteiger partial charge in [-0.05, 0) is 62.7 Å². The lowest BCUT2D eigenvalue weighted by atomic mass is 9.73. The Morgan fingerprint density at radius 1 is 1.32 bits per heavy atom. The average molecular weight is 353 g/mol. The monoisotopic (exact) mass is 353 g/mol. The number of rotatable bonds is 9. The van der Waals surface area contributed by atoms with Crippen LogP contribution in [-0.4, -0.2) is 45.8 Å². The van der Waals surface area contributed by atoms with Gasteiger partial charge in [-0.3, -0.25) is 4.79 Å². The van der Waals surface area contributed by atoms with Gasteiger partial charge >= 0.3 is 5.97 Å². The van der Waals surface area contributed by atoms with Gasteiger partial charge in [-0.1, -0.05) is 18.0 Å². The molecule has 6 nitrogen and oxygen atoms in total. The molecule has 0 aromatic heterocycles. The van der Waals surface area contributed by atoms with E-state index in [1.807, 2.05) is 0 Å². The number of carbonyl (C=O) groups is 1. The Morgan fingerprint density at radius 3 is 2.80 bits per heavy atom. The second kappa shape index (κ2) is 8.49. The van der Waals surface area contributed by atoms with E-state index in [4.69, 9.17) is 9.94 Å². The quantitative estimate of drug-likeness (QED) is 0.437. The predicted octanol–water partition coefficient (Wildman–Crippen LogP) is 2.57. The second-order valence-corrected chi connectivity index (χ2v) is 8.06. The molecule has 0 heterocycles. The van der Waals surface area contributed by atoms with Gasteiger partial charge in [0.1, 0.15) is 6.61 Å². The summed E-state index contributed by atoms with van der Waals surface area (Å²) in [7, 11) is 0. The summed E-state index contributed by atoms with van der Waals surface area (Å²) in [4.78, 5) is 15.7. The third kappa shape index (κ3) is 4.53. The first-order valence-corrected chi connectivity index (χ1v) is 9.83. The molecule has 0 aliphatic heterocycles. The fourth-order valence-corrected chi connectivity index (χ4v) is 4.88. The highest BCUT2D eigenvalue weighted by Crippen LogP contribution is 2.49. The Kier molecular flexibility index (Phi) is 6.34. The van der Waals surface area contributed by atoms with Crippen LogP contribution in [0, 0.1) is 23.7 Å². The van der Waals surface area contributed by atoms with Crippen molar-refractivity contribution in [3.05, 3.63) is 0 Å². The number of nitrogens with zero attached hydrogens (tertiary/aromatic N) is 1. The fraction of sp³-hybridized carbons (Fsp3) is 0.895. The van der Waals surface area contributed by atoms with E-state index in [0.717, 1.165) is 44.2 Å². The van der Waals surface area contributed by atoms with Gasteiger partial charge in [0.05, 0.1) is 17.9 Å². The van der Waals surface area contributed by atoms with Crippen molar-refractivity contribution < 1.29 is 25.0 Å². The van der Waals surface area contributed by atoms with Crippen LogP contribution < -0.4 is 0 Å². The van der Waals surface area contributed by atoms with Crippen LogP contribution in [0.2, 0.25) is 0 Å². The van der Waals surface area contributed by atoms with Crippen molar-refractivity contribution in [1.29, 1.82) is 0 Å². The molecule has 0 saturated heterocycles. The molecule has 0 aromatic rings. The smallest absolute Gasteiger partial charge is 0.303 e. The van der Waals surface area contributed by atoms with Gasteiger partial charge < -0.3 is 20.2 Å². The van der Waals surface area contributed by atoms with E-state index in [9.17, 15) is 15.0 Å². The second-order valence-electron chi connectivity index (χ2n) is 8.06. The summed E-state index contributed by atoms with van der Waals surface area (Å²) in [5, 5.41) is 33.6. The van der Waals surface area contributed by atoms with Crippen LogP contribution in [0.15, 0.2) is 5.16 Å². The van der Waals surface area contributed by atoms with Crippen LogP contribution in [0.3, 0.4) is 0 Å². The van der Waals surface area contributed by atoms with Gasteiger partial charge in [-0.25, -0.2) is 0 Å². The highest BCUT2D eigenvalue weighted by molar-refractivity contribution is 5.93. The molecule has 3 aliphatic rings. The van der Waals surface area contributed by atoms with Gasteiger partial charge in [0.2, 0.25) is 0 Å². The minimum Gasteiger partial charge on any atom is -0.481 e. The summed E-state index contributed by atoms with van der Waals surface area (Å²) in [5.41, 5.74) is 1.01. The molecule has 5 atom stereocenters. The predicted molar refractivity (Wildman–Crippen MR) is 93.2 cm³/mol. The van der Waals surface area contributed by atoms with Gasteiger partial charge in [0.25, 0.3) is 0 Å². The number of aliphatic hydroxyl groups excluding tert-OH is 2. The number of hydrogen-bond donors (Lipinski definition) is 3. The average Bonchev–Trinajstić information content (AvgIpc) is 3.17. The molecular weight excluding hydrogens is 322 g/mol. The van der Waals surface area contributed by atoms with E-state index >= 15 is 0 Å². The molecule has 142 valence electrons. The molecule has 0 radical (unpaired) electrons. The summed E-state index contributed by atoms with van der Waals surface area (Å²) in [6.45, 7) is 0.326. The molecule has 3 rings (SSSR count). The zero-order chi connectivity index (χ0) is 17.8. The van der Waals surface area contributed by atoms with E-state index in [1.54, 1.807) is 0 Å². The maximum atomic E-state index is 10.5. The standard InChI is InChI=1S/C19H31NO5/c21-17(12-4-1-2-5-12)8-7-13-10-14-15(19(13)24)11-16(14)20-25-9-3-6-18(22)23/h12-15,17,19,21,24H,1-11H2,(H,22,23). The summed E-state index contributed by atoms with van der Waals surface area (Å²) in [5.74, 6) is 0.497. The molecule has 0 amide bonds. The lowest BCUT2D eigenvalue weighted by Gasteiger charge is -2.33. The lowest BCUT2D eigenvalue weighted by molar-refractivity contribution is -0.137. The number of carboxylic acid groups (broad SMARTS) is 1. The van der Waals surface area contributed by atoms with Crippen LogP contribution >= 0.6 is 0 Å². The molecule has 0 spiro atoms. The highest BCUT2D eigenvalue weighted by atomic mass is 16.6. The van der Waals surface area contributed by atoms with E-state index in [1.165, 1.54) is 12.8 Å². The van der Waals surface area contributed by atoms with Gasteiger partial charge in [0, 0.05) is 12.3 Å². The van der Waals surface area contributed by atoms with Crippen molar-refractivity contribution in [1.82, 2.24) is 0 Å². The third-order valence-corrected chi connectivity index (χ3v) is 6.45. The first kappa shape index (κ1) is 18.6. The summed E-state index contributed by atoms with van der Waals surface area (Å²) < 4.78 is 0. The van der Waals surface area contributed by atoms with Crippen LogP contribution in [0.4, 0.5) is 0 Å². The molecule has 3 N–H and O–H groups in total. The van der Waals surface area contributed by atoms with Crippen LogP contribution in [0.1, 0.15) is 64.2 Å². The van der Waals surface area contributed by atoms with Crippen molar-refractivity contribution in [3.63, 3.8) is 0 Å². The highest BCUT2D eigenvalue weighted by Gasteiger charge is 2.51. The van der Waals surface area contributed by atoms with Crippen LogP contribution in [0.5, 0.6) is 0 Å². The van der Waals surface area contributed by atoms with Gasteiger partial charge in [0.15, 0.2) is 0 Å². The topological polar surface area (TPSA) is 99.4 Å². The first-order chi connectivity index (χ1) is 12.1. The number of hydrogen-bond acceptors (Lipinski definition) is 5. The molecule has 0 bridgehead atoms. The number of carboxylic acids is 1. The van der Waals surface area contributed by atoms with E-state index in [0.29, 0.717) is 24.9 Å². The van der Waals surface area contributed by atoms with Crippen molar-refractivity contribution in [2.24, 2.45) is 28.8 Å². The Morgan fingerprint density at radius 2 is 2.08 bits per heavy atom. The normalized spacial score (nSPS) is 34.7. The first-order valence-electron chi connectivity index (χ1n) is 9.83. The lowest BCUT2D eigenvalue weighted by Crippen LogP contribution is -2.38. The van der Waals surface area contributed by atoms with Crippen molar-refractivity contribution >= 4 is 11.7 Å². The zero-order valence-electron chi connectivity index (χ0n) is 14.8. The van der Waals surface area contributed by atoms with Crippen LogP contribution in [-0.2, 0) is 9.63 Å². The number of aliphatic hydroxyl groups is 2. The Labute approximate surface area is 149 Å². The van der Waals surface area contributed by atoms with E-state index in [2.05, 4.69) is 5.16 Å². The number of oxime groups is 1. The van der Waals surface area contributed by atoms with Crippen molar-refractivity contribution in [2.75, 3.05) is 6.61 Å². The minimum atomic E-state index is -0.818. The molecule has 3 saturated carbocycles. The molecule has 25 heavy (non-hydrogen) atoms. The van der Waals surface area contributed by atoms with Gasteiger partial charge in [-0.15, -0.1) is 0 Å². The summed E-state index contributed by atoms with van der Waals surface area (Å²) in [6, 6.07) is 0. The number of aliphatic carboxylic acids is 1. The van der Waals surface area contributed by atoms with E-state index < -0.39 is 5.97 Å².